The van der Waals surface area contributed by atoms with E-state index in [-0.39, 0.29) is 13.8 Å². The van der Waals surface area contributed by atoms with Gasteiger partial charge in [0.05, 0.1) is 5.54 Å². The molecule has 0 aliphatic carbocycles. The zero-order chi connectivity index (χ0) is 24.5. The number of halogens is 17. The Labute approximate surface area is 149 Å². The molecule has 0 heterocycles. The van der Waals surface area contributed by atoms with Crippen molar-refractivity contribution in [3.63, 3.8) is 0 Å². The first-order valence-corrected chi connectivity index (χ1v) is 6.50. The van der Waals surface area contributed by atoms with Gasteiger partial charge < -0.3 is 5.73 Å². The highest BCUT2D eigenvalue weighted by molar-refractivity contribution is 5.17. The van der Waals surface area contributed by atoms with E-state index < -0.39 is 53.2 Å². The molecule has 0 saturated heterocycles. The molecule has 0 aliphatic rings. The lowest BCUT2D eigenvalue weighted by Gasteiger charge is -2.45. The monoisotopic (exact) mass is 477 g/mol. The Balaban J connectivity index is 6.82. The quantitative estimate of drug-likeness (QED) is 0.466. The van der Waals surface area contributed by atoms with Crippen molar-refractivity contribution < 1.29 is 74.6 Å². The molecule has 0 aromatic rings. The van der Waals surface area contributed by atoms with E-state index in [4.69, 9.17) is 0 Å². The maximum absolute atomic E-state index is 13.4. The SMILES string of the molecule is CC(C)(N)C(F)(F)C(F)(F)C(F)(F)C(F)(F)C(F)(F)C(F)(F)C(F)(F)C(F)(F)F. The Hall–Kier alpha value is -1.23. The summed E-state index contributed by atoms with van der Waals surface area (Å²) in [5.41, 5.74) is 0.421. The Kier molecular flexibility index (Phi) is 6.11. The Morgan fingerprint density at radius 1 is 0.345 bits per heavy atom. The summed E-state index contributed by atoms with van der Waals surface area (Å²) >= 11 is 0. The molecule has 0 aromatic heterocycles. The molecule has 0 unspecified atom stereocenters. The predicted molar refractivity (Wildman–Crippen MR) is 59.0 cm³/mol. The van der Waals surface area contributed by atoms with Crippen LogP contribution >= 0.6 is 0 Å². The van der Waals surface area contributed by atoms with Crippen LogP contribution in [-0.2, 0) is 0 Å². The normalized spacial score (nSPS) is 17.0. The van der Waals surface area contributed by atoms with E-state index >= 15 is 0 Å². The van der Waals surface area contributed by atoms with E-state index in [1.54, 1.807) is 0 Å². The van der Waals surface area contributed by atoms with Gasteiger partial charge >= 0.3 is 47.6 Å². The van der Waals surface area contributed by atoms with Gasteiger partial charge in [0.25, 0.3) is 0 Å². The van der Waals surface area contributed by atoms with Crippen molar-refractivity contribution >= 4 is 0 Å². The van der Waals surface area contributed by atoms with Crippen molar-refractivity contribution in [1.82, 2.24) is 0 Å². The van der Waals surface area contributed by atoms with Crippen molar-refractivity contribution in [2.75, 3.05) is 0 Å². The van der Waals surface area contributed by atoms with E-state index in [9.17, 15) is 74.6 Å². The first-order chi connectivity index (χ1) is 12.0. The van der Waals surface area contributed by atoms with Gasteiger partial charge in [-0.2, -0.15) is 74.6 Å². The lowest BCUT2D eigenvalue weighted by molar-refractivity contribution is -0.463. The van der Waals surface area contributed by atoms with Crippen molar-refractivity contribution in [2.45, 2.75) is 67.0 Å². The molecule has 29 heavy (non-hydrogen) atoms. The summed E-state index contributed by atoms with van der Waals surface area (Å²) in [4.78, 5) is 0. The van der Waals surface area contributed by atoms with Crippen LogP contribution in [-0.4, -0.2) is 53.2 Å². The molecule has 0 saturated carbocycles. The Morgan fingerprint density at radius 2 is 0.517 bits per heavy atom. The van der Waals surface area contributed by atoms with Gasteiger partial charge in [-0.25, -0.2) is 0 Å². The summed E-state index contributed by atoms with van der Waals surface area (Å²) in [6.07, 6.45) is -7.77. The second-order valence-electron chi connectivity index (χ2n) is 6.24. The van der Waals surface area contributed by atoms with E-state index in [0.29, 0.717) is 0 Å². The minimum atomic E-state index is -8.62. The first-order valence-electron chi connectivity index (χ1n) is 6.50. The van der Waals surface area contributed by atoms with Gasteiger partial charge in [-0.3, -0.25) is 0 Å². The molecule has 0 fully saturated rings. The second kappa shape index (κ2) is 6.38. The molecule has 0 rings (SSSR count). The standard InChI is InChI=1S/C11H8F17N/c1-3(2,29)4(12,13)5(14,15)6(16,17)7(18,19)8(20,21)9(22,23)10(24,25)11(26,27)28/h29H2,1-2H3. The van der Waals surface area contributed by atoms with Crippen molar-refractivity contribution in [3.05, 3.63) is 0 Å². The van der Waals surface area contributed by atoms with Crippen molar-refractivity contribution in [2.24, 2.45) is 5.73 Å². The fraction of sp³-hybridized carbons (Fsp3) is 1.00. The molecule has 0 bridgehead atoms. The number of rotatable bonds is 7. The molecule has 0 aliphatic heterocycles. The molecule has 0 spiro atoms. The highest BCUT2D eigenvalue weighted by Crippen LogP contribution is 2.64. The third-order valence-electron chi connectivity index (χ3n) is 3.53. The van der Waals surface area contributed by atoms with Crippen LogP contribution in [0.5, 0.6) is 0 Å². The lowest BCUT2D eigenvalue weighted by atomic mass is 9.83. The highest BCUT2D eigenvalue weighted by atomic mass is 19.4. The van der Waals surface area contributed by atoms with Crippen LogP contribution in [0.2, 0.25) is 0 Å². The molecule has 0 radical (unpaired) electrons. The fourth-order valence-corrected chi connectivity index (χ4v) is 1.57. The highest BCUT2D eigenvalue weighted by Gasteiger charge is 2.95. The molecular formula is C11H8F17N. The van der Waals surface area contributed by atoms with Gasteiger partial charge in [0.1, 0.15) is 0 Å². The molecule has 0 aromatic carbocycles. The predicted octanol–water partition coefficient (Wildman–Crippen LogP) is 5.73. The van der Waals surface area contributed by atoms with Gasteiger partial charge in [0, 0.05) is 0 Å². The van der Waals surface area contributed by atoms with Gasteiger partial charge in [0.2, 0.25) is 0 Å². The summed E-state index contributed by atoms with van der Waals surface area (Å²) in [6, 6.07) is 0. The van der Waals surface area contributed by atoms with E-state index in [1.165, 1.54) is 0 Å². The van der Waals surface area contributed by atoms with E-state index in [2.05, 4.69) is 5.73 Å². The Morgan fingerprint density at radius 3 is 0.690 bits per heavy atom. The minimum Gasteiger partial charge on any atom is -0.320 e. The fourth-order valence-electron chi connectivity index (χ4n) is 1.57. The zero-order valence-electron chi connectivity index (χ0n) is 13.5. The number of alkyl halides is 17. The lowest BCUT2D eigenvalue weighted by Crippen LogP contribution is -2.76. The molecular weight excluding hydrogens is 469 g/mol. The van der Waals surface area contributed by atoms with Gasteiger partial charge in [-0.05, 0) is 13.8 Å². The average Bonchev–Trinajstić information content (AvgIpc) is 2.43. The number of hydrogen-bond acceptors (Lipinski definition) is 1. The largest absolute Gasteiger partial charge is 0.460 e. The van der Waals surface area contributed by atoms with E-state index in [1.807, 2.05) is 0 Å². The van der Waals surface area contributed by atoms with E-state index in [0.717, 1.165) is 0 Å². The molecule has 2 N–H and O–H groups in total. The van der Waals surface area contributed by atoms with Crippen LogP contribution in [0.25, 0.3) is 0 Å². The Bertz CT molecular complexity index is 556. The number of hydrogen-bond donors (Lipinski definition) is 1. The summed E-state index contributed by atoms with van der Waals surface area (Å²) in [5.74, 6) is -56.5. The van der Waals surface area contributed by atoms with Gasteiger partial charge in [0.15, 0.2) is 0 Å². The molecule has 18 heteroatoms. The van der Waals surface area contributed by atoms with Crippen LogP contribution in [0.4, 0.5) is 74.6 Å². The zero-order valence-corrected chi connectivity index (χ0v) is 13.5. The second-order valence-corrected chi connectivity index (χ2v) is 6.24. The van der Waals surface area contributed by atoms with Crippen LogP contribution in [0.1, 0.15) is 13.8 Å². The minimum absolute atomic E-state index is 0.223. The third-order valence-corrected chi connectivity index (χ3v) is 3.53. The smallest absolute Gasteiger partial charge is 0.320 e. The van der Waals surface area contributed by atoms with Crippen LogP contribution in [0, 0.1) is 0 Å². The summed E-state index contributed by atoms with van der Waals surface area (Å²) < 4.78 is 220. The van der Waals surface area contributed by atoms with Gasteiger partial charge in [-0.1, -0.05) is 0 Å². The molecule has 0 amide bonds. The maximum atomic E-state index is 13.4. The molecule has 0 atom stereocenters. The molecule has 176 valence electrons. The van der Waals surface area contributed by atoms with Crippen LogP contribution < -0.4 is 5.73 Å². The summed E-state index contributed by atoms with van der Waals surface area (Å²) in [6.45, 7) is -0.445. The average molecular weight is 477 g/mol. The van der Waals surface area contributed by atoms with Crippen LogP contribution in [0.15, 0.2) is 0 Å². The summed E-state index contributed by atoms with van der Waals surface area (Å²) in [7, 11) is 0. The molecule has 1 nitrogen and oxygen atoms in total. The topological polar surface area (TPSA) is 26.0 Å². The number of nitrogens with two attached hydrogens (primary N) is 1. The van der Waals surface area contributed by atoms with Crippen molar-refractivity contribution in [3.8, 4) is 0 Å². The van der Waals surface area contributed by atoms with Crippen molar-refractivity contribution in [1.29, 1.82) is 0 Å². The third kappa shape index (κ3) is 3.28. The first kappa shape index (κ1) is 27.8. The van der Waals surface area contributed by atoms with Gasteiger partial charge in [-0.15, -0.1) is 0 Å². The summed E-state index contributed by atoms with van der Waals surface area (Å²) in [5, 5.41) is 0. The van der Waals surface area contributed by atoms with Crippen LogP contribution in [0.3, 0.4) is 0 Å². The maximum Gasteiger partial charge on any atom is 0.460 e.